The highest BCUT2D eigenvalue weighted by atomic mass is 19.1. The molecule has 0 spiro atoms. The number of esters is 1. The Hall–Kier alpha value is -4.78. The molecule has 2 amide bonds. The molecule has 5 heterocycles. The van der Waals surface area contributed by atoms with E-state index in [1.54, 1.807) is 65.4 Å². The van der Waals surface area contributed by atoms with Crippen LogP contribution >= 0.6 is 0 Å². The summed E-state index contributed by atoms with van der Waals surface area (Å²) in [5.41, 5.74) is 3.90. The number of pyridine rings is 1. The maximum atomic E-state index is 14.9. The summed E-state index contributed by atoms with van der Waals surface area (Å²) in [6.07, 6.45) is 5.60. The quantitative estimate of drug-likeness (QED) is 0.391. The number of carbonyl (C=O) groups is 3. The van der Waals surface area contributed by atoms with Crippen molar-refractivity contribution in [2.45, 2.75) is 39.3 Å². The van der Waals surface area contributed by atoms with Gasteiger partial charge in [-0.1, -0.05) is 12.1 Å². The Morgan fingerprint density at radius 3 is 2.55 bits per heavy atom. The fourth-order valence-electron chi connectivity index (χ4n) is 5.62. The van der Waals surface area contributed by atoms with Crippen molar-refractivity contribution in [2.75, 3.05) is 31.3 Å². The molecule has 6 rings (SSSR count). The second kappa shape index (κ2) is 10.9. The monoisotopic (exact) mass is 575 g/mol. The number of hydrazine groups is 2. The van der Waals surface area contributed by atoms with E-state index in [-0.39, 0.29) is 43.6 Å². The van der Waals surface area contributed by atoms with Crippen LogP contribution in [0.3, 0.4) is 0 Å². The molecule has 12 nitrogen and oxygen atoms in total. The van der Waals surface area contributed by atoms with E-state index in [1.807, 2.05) is 0 Å². The maximum Gasteiger partial charge on any atom is 0.339 e. The minimum Gasteiger partial charge on any atom is -0.462 e. The van der Waals surface area contributed by atoms with Gasteiger partial charge in [0.2, 0.25) is 0 Å². The number of aryl methyl sites for hydroxylation is 1. The number of hydrogen-bond acceptors (Lipinski definition) is 10. The van der Waals surface area contributed by atoms with Gasteiger partial charge in [0.15, 0.2) is 11.7 Å². The van der Waals surface area contributed by atoms with Gasteiger partial charge in [0.05, 0.1) is 29.9 Å². The van der Waals surface area contributed by atoms with Gasteiger partial charge in [-0.15, -0.1) is 0 Å². The minimum absolute atomic E-state index is 0.100. The van der Waals surface area contributed by atoms with E-state index in [1.165, 1.54) is 15.5 Å². The first kappa shape index (κ1) is 27.4. The number of amides is 2. The Bertz CT molecular complexity index is 1600. The number of rotatable bonds is 7. The summed E-state index contributed by atoms with van der Waals surface area (Å²) in [5.74, 6) is -0.884. The molecular weight excluding hydrogens is 545 g/mol. The van der Waals surface area contributed by atoms with Gasteiger partial charge in [-0.2, -0.15) is 0 Å². The van der Waals surface area contributed by atoms with Crippen LogP contribution in [-0.4, -0.2) is 75.4 Å². The zero-order valence-electron chi connectivity index (χ0n) is 23.2. The smallest absolute Gasteiger partial charge is 0.339 e. The number of carbonyl (C=O) groups excluding carboxylic acids is 3. The van der Waals surface area contributed by atoms with Crippen molar-refractivity contribution in [2.24, 2.45) is 4.99 Å². The van der Waals surface area contributed by atoms with E-state index in [0.29, 0.717) is 47.9 Å². The molecule has 2 aromatic rings. The average molecular weight is 576 g/mol. The van der Waals surface area contributed by atoms with Crippen LogP contribution in [0, 0.1) is 5.82 Å². The third-order valence-corrected chi connectivity index (χ3v) is 7.70. The van der Waals surface area contributed by atoms with Crippen LogP contribution in [0.1, 0.15) is 47.4 Å². The van der Waals surface area contributed by atoms with Crippen molar-refractivity contribution in [3.05, 3.63) is 87.5 Å². The van der Waals surface area contributed by atoms with Gasteiger partial charge in [-0.25, -0.2) is 19.6 Å². The second-order valence-corrected chi connectivity index (χ2v) is 10.3. The molecule has 4 aliphatic heterocycles. The van der Waals surface area contributed by atoms with Crippen LogP contribution in [0.15, 0.2) is 70.0 Å². The Balaban J connectivity index is 1.23. The van der Waals surface area contributed by atoms with Crippen LogP contribution in [0.25, 0.3) is 0 Å². The third kappa shape index (κ3) is 4.65. The predicted octanol–water partition coefficient (Wildman–Crippen LogP) is 2.01. The molecule has 218 valence electrons. The van der Waals surface area contributed by atoms with E-state index >= 15 is 0 Å². The van der Waals surface area contributed by atoms with Crippen LogP contribution in [0.5, 0.6) is 0 Å². The first-order chi connectivity index (χ1) is 20.3. The topological polar surface area (TPSA) is 120 Å². The minimum atomic E-state index is -0.593. The normalized spacial score (nSPS) is 18.6. The number of nitrogens with zero attached hydrogens (tertiary/aromatic N) is 6. The summed E-state index contributed by atoms with van der Waals surface area (Å²) in [6.45, 7) is 5.08. The van der Waals surface area contributed by atoms with Crippen molar-refractivity contribution in [3.8, 4) is 0 Å². The zero-order valence-corrected chi connectivity index (χ0v) is 23.2. The fraction of sp³-hybridized carbons (Fsp3) is 0.345. The molecule has 1 atom stereocenters. The lowest BCUT2D eigenvalue weighted by molar-refractivity contribution is -0.138. The summed E-state index contributed by atoms with van der Waals surface area (Å²) >= 11 is 0. The predicted molar refractivity (Wildman–Crippen MR) is 150 cm³/mol. The van der Waals surface area contributed by atoms with Gasteiger partial charge in [-0.3, -0.25) is 34.3 Å². The van der Waals surface area contributed by atoms with Crippen LogP contribution in [-0.2, 0) is 16.1 Å². The Morgan fingerprint density at radius 1 is 1.12 bits per heavy atom. The number of aliphatic imine (C=N–C) groups is 1. The molecule has 0 radical (unpaired) electrons. The maximum absolute atomic E-state index is 14.9. The average Bonchev–Trinajstić information content (AvgIpc) is 3.70. The number of amidine groups is 1. The molecule has 1 fully saturated rings. The number of nitrogens with one attached hydrogen (secondary N) is 1. The lowest BCUT2D eigenvalue weighted by atomic mass is 10.1. The lowest BCUT2D eigenvalue weighted by Gasteiger charge is -2.33. The fourth-order valence-corrected chi connectivity index (χ4v) is 5.62. The second-order valence-electron chi connectivity index (χ2n) is 10.3. The largest absolute Gasteiger partial charge is 0.462 e. The molecule has 42 heavy (non-hydrogen) atoms. The SMILES string of the molecule is CCOC(=O)C1=C2N=C(N3CCCN3c3cc(F)cn(CCC(C)N4C(=O)c5ccccc5C4=O)c3=O)C=CN2NC1. The van der Waals surface area contributed by atoms with Crippen molar-refractivity contribution in [3.63, 3.8) is 0 Å². The van der Waals surface area contributed by atoms with Crippen molar-refractivity contribution >= 4 is 29.3 Å². The van der Waals surface area contributed by atoms with Gasteiger partial charge < -0.3 is 9.30 Å². The molecule has 1 unspecified atom stereocenters. The van der Waals surface area contributed by atoms with Crippen molar-refractivity contribution in [1.29, 1.82) is 0 Å². The van der Waals surface area contributed by atoms with Gasteiger partial charge in [0, 0.05) is 50.2 Å². The molecule has 13 heteroatoms. The van der Waals surface area contributed by atoms with Gasteiger partial charge in [-0.05, 0) is 38.8 Å². The molecule has 1 N–H and O–H groups in total. The summed E-state index contributed by atoms with van der Waals surface area (Å²) < 4.78 is 21.3. The highest BCUT2D eigenvalue weighted by molar-refractivity contribution is 6.21. The zero-order chi connectivity index (χ0) is 29.5. The Labute approximate surface area is 240 Å². The molecule has 1 aromatic heterocycles. The number of aromatic nitrogens is 1. The van der Waals surface area contributed by atoms with E-state index in [9.17, 15) is 23.6 Å². The van der Waals surface area contributed by atoms with Crippen molar-refractivity contribution in [1.82, 2.24) is 24.9 Å². The molecular formula is C29H30FN7O5. The lowest BCUT2D eigenvalue weighted by Crippen LogP contribution is -2.45. The first-order valence-corrected chi connectivity index (χ1v) is 13.9. The molecule has 0 saturated carbocycles. The van der Waals surface area contributed by atoms with Gasteiger partial charge in [0.1, 0.15) is 11.5 Å². The molecule has 0 bridgehead atoms. The van der Waals surface area contributed by atoms with E-state index in [2.05, 4.69) is 10.4 Å². The Kier molecular flexibility index (Phi) is 7.11. The number of imide groups is 1. The molecule has 1 aromatic carbocycles. The standard InChI is InChI=1S/C29H30FN7O5/c1-3-42-29(41)22-16-31-34-14-10-24(32-25(22)34)36-12-6-11-35(36)23-15-19(30)17-33(28(23)40)13-9-18(2)37-26(38)20-7-4-5-8-21(20)27(37)39/h4-5,7-8,10,14-15,17-18,31H,3,6,9,11-13,16H2,1-2H3. The number of halogens is 1. The number of ether oxygens (including phenoxy) is 1. The van der Waals surface area contributed by atoms with Crippen LogP contribution in [0.2, 0.25) is 0 Å². The Morgan fingerprint density at radius 2 is 1.83 bits per heavy atom. The first-order valence-electron chi connectivity index (χ1n) is 13.9. The highest BCUT2D eigenvalue weighted by Crippen LogP contribution is 2.27. The highest BCUT2D eigenvalue weighted by Gasteiger charge is 2.38. The molecule has 0 aliphatic carbocycles. The van der Waals surface area contributed by atoms with Crippen LogP contribution in [0.4, 0.5) is 10.1 Å². The summed E-state index contributed by atoms with van der Waals surface area (Å²) in [4.78, 5) is 57.7. The third-order valence-electron chi connectivity index (χ3n) is 7.70. The number of fused-ring (bicyclic) bond motifs is 2. The van der Waals surface area contributed by atoms with Crippen LogP contribution < -0.4 is 16.0 Å². The van der Waals surface area contributed by atoms with Gasteiger partial charge in [0.25, 0.3) is 17.4 Å². The summed E-state index contributed by atoms with van der Waals surface area (Å²) in [7, 11) is 0. The summed E-state index contributed by atoms with van der Waals surface area (Å²) in [5, 5.41) is 5.13. The van der Waals surface area contributed by atoms with E-state index < -0.39 is 23.4 Å². The molecule has 4 aliphatic rings. The summed E-state index contributed by atoms with van der Waals surface area (Å²) in [6, 6.07) is 7.34. The molecule has 1 saturated heterocycles. The van der Waals surface area contributed by atoms with Crippen molar-refractivity contribution < 1.29 is 23.5 Å². The number of anilines is 1. The number of hydrogen-bond donors (Lipinski definition) is 1. The van der Waals surface area contributed by atoms with Gasteiger partial charge >= 0.3 is 5.97 Å². The van der Waals surface area contributed by atoms with E-state index in [0.717, 1.165) is 6.20 Å². The van der Waals surface area contributed by atoms with E-state index in [4.69, 9.17) is 4.74 Å². The number of benzene rings is 1.